The van der Waals surface area contributed by atoms with Crippen LogP contribution in [0.3, 0.4) is 0 Å². The molecular formula is C29H33N3O5. The molecule has 0 aliphatic carbocycles. The van der Waals surface area contributed by atoms with E-state index in [0.29, 0.717) is 48.7 Å². The first-order valence-electron chi connectivity index (χ1n) is 12.4. The Balaban J connectivity index is 1.95. The summed E-state index contributed by atoms with van der Waals surface area (Å²) in [5, 5.41) is 11.6. The monoisotopic (exact) mass is 503 g/mol. The van der Waals surface area contributed by atoms with Crippen LogP contribution in [0.15, 0.2) is 60.7 Å². The van der Waals surface area contributed by atoms with Gasteiger partial charge in [-0.3, -0.25) is 14.4 Å². The van der Waals surface area contributed by atoms with Crippen molar-refractivity contribution in [3.8, 4) is 5.75 Å². The van der Waals surface area contributed by atoms with Gasteiger partial charge in [-0.2, -0.15) is 0 Å². The summed E-state index contributed by atoms with van der Waals surface area (Å²) in [6.45, 7) is 8.84. The molecule has 37 heavy (non-hydrogen) atoms. The van der Waals surface area contributed by atoms with Gasteiger partial charge in [0, 0.05) is 24.2 Å². The van der Waals surface area contributed by atoms with Crippen LogP contribution in [-0.4, -0.2) is 72.8 Å². The Morgan fingerprint density at radius 2 is 1.89 bits per heavy atom. The van der Waals surface area contributed by atoms with Crippen molar-refractivity contribution in [2.45, 2.75) is 25.8 Å². The minimum absolute atomic E-state index is 0.185. The molecule has 1 fully saturated rings. The first-order valence-corrected chi connectivity index (χ1v) is 12.4. The standard InChI is InChI=1S/C29H33N3O5/c1-6-17-37-23-14-13-20(18-19(23)3)25(33)24-26(34)27(35)32(16-10-15-30(4)5)29(24)21-11-8-9-12-22(21)31(7-2)28(29)36/h6,8-9,11-14,18,33H,1,7,10,15-17H2,2-5H3/t29-/m1/s1. The van der Waals surface area contributed by atoms with E-state index in [2.05, 4.69) is 6.58 Å². The second-order valence-corrected chi connectivity index (χ2v) is 9.52. The maximum absolute atomic E-state index is 14.2. The van der Waals surface area contributed by atoms with Gasteiger partial charge < -0.3 is 24.5 Å². The first kappa shape index (κ1) is 26.2. The van der Waals surface area contributed by atoms with Crippen LogP contribution >= 0.6 is 0 Å². The second kappa shape index (κ2) is 10.2. The highest BCUT2D eigenvalue weighted by molar-refractivity contribution is 6.50. The van der Waals surface area contributed by atoms with Crippen LogP contribution in [0, 0.1) is 6.92 Å². The fourth-order valence-electron chi connectivity index (χ4n) is 5.28. The summed E-state index contributed by atoms with van der Waals surface area (Å²) in [5.74, 6) is -1.84. The highest BCUT2D eigenvalue weighted by atomic mass is 16.5. The summed E-state index contributed by atoms with van der Waals surface area (Å²) < 4.78 is 5.64. The van der Waals surface area contributed by atoms with Crippen molar-refractivity contribution < 1.29 is 24.2 Å². The minimum atomic E-state index is -1.73. The Morgan fingerprint density at radius 1 is 1.16 bits per heavy atom. The van der Waals surface area contributed by atoms with Gasteiger partial charge in [-0.25, -0.2) is 0 Å². The predicted octanol–water partition coefficient (Wildman–Crippen LogP) is 3.45. The molecule has 1 N–H and O–H groups in total. The number of aliphatic hydroxyl groups excluding tert-OH is 1. The Bertz CT molecular complexity index is 1300. The number of hydrogen-bond donors (Lipinski definition) is 1. The molecular weight excluding hydrogens is 470 g/mol. The van der Waals surface area contributed by atoms with Gasteiger partial charge in [0.15, 0.2) is 5.54 Å². The molecule has 8 nitrogen and oxygen atoms in total. The highest BCUT2D eigenvalue weighted by Gasteiger charge is 2.66. The smallest absolute Gasteiger partial charge is 0.296 e. The molecule has 2 aliphatic heterocycles. The largest absolute Gasteiger partial charge is 0.507 e. The highest BCUT2D eigenvalue weighted by Crippen LogP contribution is 2.53. The normalized spacial score (nSPS) is 20.3. The molecule has 2 aromatic rings. The van der Waals surface area contributed by atoms with E-state index in [1.54, 1.807) is 47.4 Å². The van der Waals surface area contributed by atoms with Crippen molar-refractivity contribution in [3.63, 3.8) is 0 Å². The number of fused-ring (bicyclic) bond motifs is 2. The molecule has 2 heterocycles. The van der Waals surface area contributed by atoms with Crippen LogP contribution in [-0.2, 0) is 19.9 Å². The molecule has 2 aliphatic rings. The van der Waals surface area contributed by atoms with Gasteiger partial charge in [0.05, 0.1) is 11.3 Å². The number of para-hydroxylation sites is 1. The molecule has 1 atom stereocenters. The molecule has 0 bridgehead atoms. The van der Waals surface area contributed by atoms with Gasteiger partial charge in [0.1, 0.15) is 18.1 Å². The third kappa shape index (κ3) is 4.11. The van der Waals surface area contributed by atoms with Gasteiger partial charge in [-0.05, 0) is 70.7 Å². The number of ether oxygens (including phenoxy) is 1. The van der Waals surface area contributed by atoms with Gasteiger partial charge in [-0.1, -0.05) is 30.9 Å². The lowest BCUT2D eigenvalue weighted by atomic mass is 9.81. The lowest BCUT2D eigenvalue weighted by molar-refractivity contribution is -0.143. The van der Waals surface area contributed by atoms with Gasteiger partial charge >= 0.3 is 0 Å². The molecule has 194 valence electrons. The Labute approximate surface area is 217 Å². The van der Waals surface area contributed by atoms with E-state index in [1.807, 2.05) is 38.9 Å². The van der Waals surface area contributed by atoms with Gasteiger partial charge in [-0.15, -0.1) is 0 Å². The summed E-state index contributed by atoms with van der Waals surface area (Å²) >= 11 is 0. The third-order valence-corrected chi connectivity index (χ3v) is 6.92. The number of benzene rings is 2. The van der Waals surface area contributed by atoms with Crippen LogP contribution < -0.4 is 9.64 Å². The maximum atomic E-state index is 14.2. The number of Topliss-reactive ketones (excluding diaryl/α,β-unsaturated/α-hetero) is 1. The van der Waals surface area contributed by atoms with E-state index >= 15 is 0 Å². The maximum Gasteiger partial charge on any atom is 0.296 e. The number of nitrogens with zero attached hydrogens (tertiary/aromatic N) is 3. The number of aryl methyl sites for hydroxylation is 1. The van der Waals surface area contributed by atoms with E-state index < -0.39 is 23.1 Å². The number of carbonyl (C=O) groups is 3. The SMILES string of the molecule is C=CCOc1ccc(C(O)=C2C(=O)C(=O)N(CCCN(C)C)[C@@]23C(=O)N(CC)c2ccccc23)cc1C. The minimum Gasteiger partial charge on any atom is -0.507 e. The summed E-state index contributed by atoms with van der Waals surface area (Å²) in [5.41, 5.74) is 0.279. The van der Waals surface area contributed by atoms with E-state index in [9.17, 15) is 19.5 Å². The van der Waals surface area contributed by atoms with Crippen LogP contribution in [0.2, 0.25) is 0 Å². The van der Waals surface area contributed by atoms with E-state index in [-0.39, 0.29) is 17.9 Å². The van der Waals surface area contributed by atoms with Crippen molar-refractivity contribution in [2.24, 2.45) is 0 Å². The van der Waals surface area contributed by atoms with Crippen molar-refractivity contribution in [1.29, 1.82) is 0 Å². The van der Waals surface area contributed by atoms with Crippen LogP contribution in [0.1, 0.15) is 30.0 Å². The Morgan fingerprint density at radius 3 is 2.54 bits per heavy atom. The van der Waals surface area contributed by atoms with Crippen molar-refractivity contribution in [3.05, 3.63) is 77.4 Å². The molecule has 2 amide bonds. The molecule has 1 saturated heterocycles. The number of carbonyl (C=O) groups excluding carboxylic acids is 3. The summed E-state index contributed by atoms with van der Waals surface area (Å²) in [7, 11) is 3.84. The van der Waals surface area contributed by atoms with Crippen LogP contribution in [0.25, 0.3) is 5.76 Å². The lowest BCUT2D eigenvalue weighted by Gasteiger charge is -2.34. The molecule has 0 unspecified atom stereocenters. The lowest BCUT2D eigenvalue weighted by Crippen LogP contribution is -2.52. The quantitative estimate of drug-likeness (QED) is 0.244. The molecule has 0 radical (unpaired) electrons. The number of likely N-dealkylation sites (N-methyl/N-ethyl adjacent to an activating group) is 1. The molecule has 4 rings (SSSR count). The molecule has 1 spiro atoms. The predicted molar refractivity (Wildman–Crippen MR) is 142 cm³/mol. The molecule has 8 heteroatoms. The zero-order valence-corrected chi connectivity index (χ0v) is 21.8. The zero-order valence-electron chi connectivity index (χ0n) is 21.8. The summed E-state index contributed by atoms with van der Waals surface area (Å²) in [6.07, 6.45) is 2.19. The summed E-state index contributed by atoms with van der Waals surface area (Å²) in [4.78, 5) is 46.2. The zero-order chi connectivity index (χ0) is 26.9. The second-order valence-electron chi connectivity index (χ2n) is 9.52. The topological polar surface area (TPSA) is 90.4 Å². The molecule has 0 saturated carbocycles. The van der Waals surface area contributed by atoms with Gasteiger partial charge in [0.25, 0.3) is 17.6 Å². The van der Waals surface area contributed by atoms with E-state index in [0.717, 1.165) is 5.56 Å². The number of hydrogen-bond acceptors (Lipinski definition) is 6. The Kier molecular flexibility index (Phi) is 7.23. The van der Waals surface area contributed by atoms with Crippen molar-refractivity contribution in [2.75, 3.05) is 45.2 Å². The third-order valence-electron chi connectivity index (χ3n) is 6.92. The average molecular weight is 504 g/mol. The fraction of sp³-hybridized carbons (Fsp3) is 0.345. The fourth-order valence-corrected chi connectivity index (χ4v) is 5.28. The average Bonchev–Trinajstić information content (AvgIpc) is 3.25. The number of rotatable bonds is 9. The molecule has 0 aromatic heterocycles. The molecule has 2 aromatic carbocycles. The van der Waals surface area contributed by atoms with Crippen LogP contribution in [0.4, 0.5) is 5.69 Å². The number of amides is 2. The first-order chi connectivity index (χ1) is 17.7. The Hall–Kier alpha value is -3.91. The number of aliphatic hydroxyl groups is 1. The van der Waals surface area contributed by atoms with E-state index in [1.165, 1.54) is 4.90 Å². The van der Waals surface area contributed by atoms with Crippen LogP contribution in [0.5, 0.6) is 5.75 Å². The number of likely N-dealkylation sites (tertiary alicyclic amines) is 1. The number of anilines is 1. The number of ketones is 1. The summed E-state index contributed by atoms with van der Waals surface area (Å²) in [6, 6.07) is 12.2. The van der Waals surface area contributed by atoms with Crippen molar-refractivity contribution >= 4 is 29.0 Å². The van der Waals surface area contributed by atoms with E-state index in [4.69, 9.17) is 4.74 Å². The van der Waals surface area contributed by atoms with Crippen molar-refractivity contribution in [1.82, 2.24) is 9.80 Å². The van der Waals surface area contributed by atoms with Gasteiger partial charge in [0.2, 0.25) is 0 Å².